The molecular weight excluding hydrogens is 469 g/mol. The number of aryl methyl sites for hydroxylation is 1. The highest BCUT2D eigenvalue weighted by atomic mass is 32.2. The Labute approximate surface area is 195 Å². The second-order valence-corrected chi connectivity index (χ2v) is 9.93. The molecule has 3 heterocycles. The van der Waals surface area contributed by atoms with E-state index in [4.69, 9.17) is 0 Å². The van der Waals surface area contributed by atoms with E-state index in [1.807, 2.05) is 24.0 Å². The van der Waals surface area contributed by atoms with Gasteiger partial charge in [0.25, 0.3) is 0 Å². The van der Waals surface area contributed by atoms with Gasteiger partial charge < -0.3 is 10.2 Å². The molecule has 0 atom stereocenters. The molecule has 0 unspecified atom stereocenters. The molecule has 0 spiro atoms. The Kier molecular flexibility index (Phi) is 6.71. The van der Waals surface area contributed by atoms with E-state index in [0.717, 1.165) is 17.7 Å². The normalized spacial score (nSPS) is 15.4. The van der Waals surface area contributed by atoms with Crippen LogP contribution in [0.3, 0.4) is 0 Å². The first-order valence-electron chi connectivity index (χ1n) is 10.5. The SMILES string of the molecule is Cc1ccnc(Nc2ccc(N3CCN(S(=O)(=O)Cc4ccc(C(F)(F)F)cc4)CC3)nn2)c1. The van der Waals surface area contributed by atoms with Crippen molar-refractivity contribution in [1.82, 2.24) is 19.5 Å². The average molecular weight is 493 g/mol. The van der Waals surface area contributed by atoms with Crippen molar-refractivity contribution in [3.05, 3.63) is 71.4 Å². The lowest BCUT2D eigenvalue weighted by molar-refractivity contribution is -0.137. The van der Waals surface area contributed by atoms with Crippen molar-refractivity contribution in [2.24, 2.45) is 0 Å². The molecule has 1 fully saturated rings. The lowest BCUT2D eigenvalue weighted by Gasteiger charge is -2.34. The van der Waals surface area contributed by atoms with Crippen LogP contribution in [0.4, 0.5) is 30.6 Å². The highest BCUT2D eigenvalue weighted by Crippen LogP contribution is 2.29. The lowest BCUT2D eigenvalue weighted by atomic mass is 10.1. The zero-order valence-corrected chi connectivity index (χ0v) is 19.1. The van der Waals surface area contributed by atoms with Gasteiger partial charge in [-0.25, -0.2) is 13.4 Å². The Morgan fingerprint density at radius 2 is 1.65 bits per heavy atom. The fraction of sp³-hybridized carbons (Fsp3) is 0.318. The topological polar surface area (TPSA) is 91.3 Å². The van der Waals surface area contributed by atoms with E-state index in [1.54, 1.807) is 18.3 Å². The molecule has 1 aliphatic rings. The Bertz CT molecular complexity index is 1230. The molecule has 1 aliphatic heterocycles. The summed E-state index contributed by atoms with van der Waals surface area (Å²) in [6.07, 6.45) is -2.76. The fourth-order valence-corrected chi connectivity index (χ4v) is 5.10. The maximum Gasteiger partial charge on any atom is 0.416 e. The third kappa shape index (κ3) is 5.81. The van der Waals surface area contributed by atoms with Gasteiger partial charge in [0, 0.05) is 32.4 Å². The van der Waals surface area contributed by atoms with Gasteiger partial charge >= 0.3 is 6.18 Å². The largest absolute Gasteiger partial charge is 0.416 e. The zero-order valence-electron chi connectivity index (χ0n) is 18.3. The number of pyridine rings is 1. The van der Waals surface area contributed by atoms with Crippen molar-refractivity contribution in [3.8, 4) is 0 Å². The summed E-state index contributed by atoms with van der Waals surface area (Å²) in [5.74, 6) is 1.48. The Morgan fingerprint density at radius 1 is 0.941 bits per heavy atom. The van der Waals surface area contributed by atoms with Crippen LogP contribution in [0.1, 0.15) is 16.7 Å². The van der Waals surface area contributed by atoms with Crippen molar-refractivity contribution in [2.75, 3.05) is 36.4 Å². The van der Waals surface area contributed by atoms with Crippen molar-refractivity contribution >= 4 is 27.5 Å². The Morgan fingerprint density at radius 3 is 2.24 bits per heavy atom. The van der Waals surface area contributed by atoms with Gasteiger partial charge in [0.15, 0.2) is 11.6 Å². The number of nitrogens with zero attached hydrogens (tertiary/aromatic N) is 5. The molecule has 1 aromatic carbocycles. The quantitative estimate of drug-likeness (QED) is 0.562. The van der Waals surface area contributed by atoms with Crippen molar-refractivity contribution in [3.63, 3.8) is 0 Å². The van der Waals surface area contributed by atoms with Gasteiger partial charge in [0.2, 0.25) is 10.0 Å². The van der Waals surface area contributed by atoms with Gasteiger partial charge in [-0.05, 0) is 54.4 Å². The highest BCUT2D eigenvalue weighted by Gasteiger charge is 2.31. The summed E-state index contributed by atoms with van der Waals surface area (Å²) in [5, 5.41) is 11.5. The first-order valence-corrected chi connectivity index (χ1v) is 12.1. The summed E-state index contributed by atoms with van der Waals surface area (Å²) in [5.41, 5.74) is 0.570. The summed E-state index contributed by atoms with van der Waals surface area (Å²) in [7, 11) is -3.66. The van der Waals surface area contributed by atoms with Crippen LogP contribution in [-0.2, 0) is 22.0 Å². The summed E-state index contributed by atoms with van der Waals surface area (Å²) in [6.45, 7) is 3.31. The predicted molar refractivity (Wildman–Crippen MR) is 122 cm³/mol. The Hall–Kier alpha value is -3.25. The van der Waals surface area contributed by atoms with Crippen LogP contribution in [0, 0.1) is 6.92 Å². The summed E-state index contributed by atoms with van der Waals surface area (Å²) < 4.78 is 65.0. The van der Waals surface area contributed by atoms with E-state index in [9.17, 15) is 21.6 Å². The van der Waals surface area contributed by atoms with Gasteiger partial charge in [0.05, 0.1) is 11.3 Å². The molecule has 1 saturated heterocycles. The number of anilines is 3. The van der Waals surface area contributed by atoms with Gasteiger partial charge in [-0.3, -0.25) is 0 Å². The minimum absolute atomic E-state index is 0.248. The zero-order chi connectivity index (χ0) is 24.3. The Balaban J connectivity index is 1.33. The number of benzene rings is 1. The summed E-state index contributed by atoms with van der Waals surface area (Å²) in [4.78, 5) is 6.16. The van der Waals surface area contributed by atoms with Gasteiger partial charge in [0.1, 0.15) is 5.82 Å². The minimum Gasteiger partial charge on any atom is -0.352 e. The maximum absolute atomic E-state index is 12.8. The molecule has 0 radical (unpaired) electrons. The number of hydrogen-bond donors (Lipinski definition) is 1. The number of aromatic nitrogens is 3. The van der Waals surface area contributed by atoms with Gasteiger partial charge in [-0.15, -0.1) is 10.2 Å². The lowest BCUT2D eigenvalue weighted by Crippen LogP contribution is -2.49. The molecule has 180 valence electrons. The number of hydrogen-bond acceptors (Lipinski definition) is 7. The van der Waals surface area contributed by atoms with Crippen LogP contribution in [0.15, 0.2) is 54.7 Å². The summed E-state index contributed by atoms with van der Waals surface area (Å²) in [6, 6.07) is 11.6. The first-order chi connectivity index (χ1) is 16.1. The molecule has 4 rings (SSSR count). The van der Waals surface area contributed by atoms with Crippen molar-refractivity contribution < 1.29 is 21.6 Å². The molecule has 8 nitrogen and oxygen atoms in total. The van der Waals surface area contributed by atoms with E-state index >= 15 is 0 Å². The number of nitrogens with one attached hydrogen (secondary N) is 1. The number of halogens is 3. The smallest absolute Gasteiger partial charge is 0.352 e. The fourth-order valence-electron chi connectivity index (χ4n) is 3.58. The van der Waals surface area contributed by atoms with Gasteiger partial charge in [-0.1, -0.05) is 12.1 Å². The first kappa shape index (κ1) is 23.9. The number of alkyl halides is 3. The van der Waals surface area contributed by atoms with Crippen LogP contribution in [0.25, 0.3) is 0 Å². The van der Waals surface area contributed by atoms with Crippen LogP contribution in [-0.4, -0.2) is 54.1 Å². The van der Waals surface area contributed by atoms with E-state index in [-0.39, 0.29) is 18.8 Å². The van der Waals surface area contributed by atoms with E-state index in [1.165, 1.54) is 16.4 Å². The standard InChI is InChI=1S/C22H23F3N6O2S/c1-16-8-9-26-20(14-16)27-19-6-7-21(29-28-19)30-10-12-31(13-11-30)34(32,33)15-17-2-4-18(5-3-17)22(23,24)25/h2-9,14H,10-13,15H2,1H3,(H,26,27,28). The predicted octanol–water partition coefficient (Wildman–Crippen LogP) is 3.59. The molecular formula is C22H23F3N6O2S. The second-order valence-electron chi connectivity index (χ2n) is 7.96. The number of rotatable bonds is 6. The van der Waals surface area contributed by atoms with E-state index in [0.29, 0.717) is 36.1 Å². The molecule has 0 bridgehead atoms. The van der Waals surface area contributed by atoms with Crippen molar-refractivity contribution in [2.45, 2.75) is 18.9 Å². The van der Waals surface area contributed by atoms with Crippen molar-refractivity contribution in [1.29, 1.82) is 0 Å². The molecule has 34 heavy (non-hydrogen) atoms. The van der Waals surface area contributed by atoms with Crippen LogP contribution in [0.5, 0.6) is 0 Å². The minimum atomic E-state index is -4.46. The van der Waals surface area contributed by atoms with Crippen LogP contribution in [0.2, 0.25) is 0 Å². The molecule has 1 N–H and O–H groups in total. The molecule has 12 heteroatoms. The second kappa shape index (κ2) is 9.55. The molecule has 3 aromatic rings. The maximum atomic E-state index is 12.8. The third-order valence-electron chi connectivity index (χ3n) is 5.41. The van der Waals surface area contributed by atoms with Crippen LogP contribution < -0.4 is 10.2 Å². The monoisotopic (exact) mass is 492 g/mol. The van der Waals surface area contributed by atoms with Gasteiger partial charge in [-0.2, -0.15) is 17.5 Å². The highest BCUT2D eigenvalue weighted by molar-refractivity contribution is 7.88. The number of piperazine rings is 1. The molecule has 0 saturated carbocycles. The van der Waals surface area contributed by atoms with E-state index < -0.39 is 21.8 Å². The van der Waals surface area contributed by atoms with E-state index in [2.05, 4.69) is 20.5 Å². The third-order valence-corrected chi connectivity index (χ3v) is 7.26. The molecule has 0 aliphatic carbocycles. The van der Waals surface area contributed by atoms with Crippen LogP contribution >= 0.6 is 0 Å². The summed E-state index contributed by atoms with van der Waals surface area (Å²) >= 11 is 0. The molecule has 2 aromatic heterocycles. The molecule has 0 amide bonds. The number of sulfonamides is 1. The average Bonchev–Trinajstić information content (AvgIpc) is 2.79.